The lowest BCUT2D eigenvalue weighted by Gasteiger charge is -2.35. The molecular weight excluding hydrogens is 408 g/mol. The van der Waals surface area contributed by atoms with Gasteiger partial charge in [0.25, 0.3) is 0 Å². The second kappa shape index (κ2) is 9.43. The zero-order valence-corrected chi connectivity index (χ0v) is 16.6. The number of halogens is 5. The average Bonchev–Trinajstić information content (AvgIpc) is 2.66. The molecule has 2 aromatic rings. The quantitative estimate of drug-likeness (QED) is 0.695. The van der Waals surface area contributed by atoms with Crippen molar-refractivity contribution in [2.75, 3.05) is 32.7 Å². The molecule has 3 nitrogen and oxygen atoms in total. The monoisotopic (exact) mass is 430 g/mol. The van der Waals surface area contributed by atoms with Crippen LogP contribution in [0.15, 0.2) is 42.5 Å². The van der Waals surface area contributed by atoms with Crippen LogP contribution >= 0.6 is 11.6 Å². The third kappa shape index (κ3) is 6.15. The van der Waals surface area contributed by atoms with Crippen molar-refractivity contribution in [2.24, 2.45) is 0 Å². The standard InChI is InChI=1S/C21H23ClF4N2O/c22-19-2-1-3-20(23)18(19)14-28-10-8-27(9-11-28)13-17(29)12-15-4-6-16(7-5-15)21(24,25)26/h1-7,17,29H,8-14H2/t17-/m0/s1. The van der Waals surface area contributed by atoms with Gasteiger partial charge >= 0.3 is 6.18 Å². The highest BCUT2D eigenvalue weighted by Gasteiger charge is 2.30. The summed E-state index contributed by atoms with van der Waals surface area (Å²) in [6.45, 7) is 3.75. The molecule has 1 heterocycles. The van der Waals surface area contributed by atoms with Gasteiger partial charge in [0, 0.05) is 49.9 Å². The number of hydrogen-bond acceptors (Lipinski definition) is 3. The lowest BCUT2D eigenvalue weighted by atomic mass is 10.0. The summed E-state index contributed by atoms with van der Waals surface area (Å²) < 4.78 is 51.8. The second-order valence-corrected chi connectivity index (χ2v) is 7.74. The van der Waals surface area contributed by atoms with Crippen molar-refractivity contribution >= 4 is 11.6 Å². The molecule has 1 fully saturated rings. The lowest BCUT2D eigenvalue weighted by Crippen LogP contribution is -2.48. The van der Waals surface area contributed by atoms with E-state index in [1.165, 1.54) is 18.2 Å². The minimum atomic E-state index is -4.36. The summed E-state index contributed by atoms with van der Waals surface area (Å²) in [4.78, 5) is 4.22. The van der Waals surface area contributed by atoms with Crippen LogP contribution in [0.25, 0.3) is 0 Å². The number of hydrogen-bond donors (Lipinski definition) is 1. The minimum absolute atomic E-state index is 0.295. The predicted molar refractivity (Wildman–Crippen MR) is 104 cm³/mol. The second-order valence-electron chi connectivity index (χ2n) is 7.33. The van der Waals surface area contributed by atoms with Gasteiger partial charge in [-0.1, -0.05) is 29.8 Å². The first-order chi connectivity index (χ1) is 13.7. The van der Waals surface area contributed by atoms with Crippen LogP contribution in [0.5, 0.6) is 0 Å². The maximum absolute atomic E-state index is 13.9. The first kappa shape index (κ1) is 22.0. The van der Waals surface area contributed by atoms with E-state index in [0.717, 1.165) is 38.3 Å². The summed E-state index contributed by atoms with van der Waals surface area (Å²) in [6.07, 6.45) is -4.73. The zero-order valence-electron chi connectivity index (χ0n) is 15.8. The molecule has 0 unspecified atom stereocenters. The van der Waals surface area contributed by atoms with Gasteiger partial charge in [-0.15, -0.1) is 0 Å². The van der Waals surface area contributed by atoms with E-state index < -0.39 is 17.8 Å². The van der Waals surface area contributed by atoms with Crippen molar-refractivity contribution in [1.82, 2.24) is 9.80 Å². The summed E-state index contributed by atoms with van der Waals surface area (Å²) >= 11 is 6.09. The molecule has 0 aromatic heterocycles. The molecule has 29 heavy (non-hydrogen) atoms. The first-order valence-corrected chi connectivity index (χ1v) is 9.82. The van der Waals surface area contributed by atoms with Crippen molar-refractivity contribution in [2.45, 2.75) is 25.2 Å². The molecule has 1 aliphatic heterocycles. The number of alkyl halides is 3. The van der Waals surface area contributed by atoms with Gasteiger partial charge in [-0.2, -0.15) is 13.2 Å². The Morgan fingerprint density at radius 2 is 1.59 bits per heavy atom. The SMILES string of the molecule is O[C@@H](Cc1ccc(C(F)(F)F)cc1)CN1CCN(Cc2c(F)cccc2Cl)CC1. The fraction of sp³-hybridized carbons (Fsp3) is 0.429. The van der Waals surface area contributed by atoms with Crippen molar-refractivity contribution in [1.29, 1.82) is 0 Å². The summed E-state index contributed by atoms with van der Waals surface area (Å²) in [6, 6.07) is 9.54. The molecule has 1 aliphatic rings. The van der Waals surface area contributed by atoms with Gasteiger partial charge in [0.15, 0.2) is 0 Å². The molecule has 1 saturated heterocycles. The molecule has 0 bridgehead atoms. The molecule has 0 amide bonds. The highest BCUT2D eigenvalue weighted by atomic mass is 35.5. The first-order valence-electron chi connectivity index (χ1n) is 9.44. The Morgan fingerprint density at radius 1 is 0.966 bits per heavy atom. The van der Waals surface area contributed by atoms with Gasteiger partial charge in [0.2, 0.25) is 0 Å². The molecule has 1 N–H and O–H groups in total. The topological polar surface area (TPSA) is 26.7 Å². The maximum atomic E-state index is 13.9. The lowest BCUT2D eigenvalue weighted by molar-refractivity contribution is -0.137. The van der Waals surface area contributed by atoms with Gasteiger partial charge in [-0.3, -0.25) is 9.80 Å². The van der Waals surface area contributed by atoms with E-state index in [9.17, 15) is 22.7 Å². The Bertz CT molecular complexity index is 785. The van der Waals surface area contributed by atoms with Crippen LogP contribution in [0, 0.1) is 5.82 Å². The fourth-order valence-electron chi connectivity index (χ4n) is 3.50. The van der Waals surface area contributed by atoms with Crippen LogP contribution in [0.4, 0.5) is 17.6 Å². The van der Waals surface area contributed by atoms with E-state index in [2.05, 4.69) is 9.80 Å². The largest absolute Gasteiger partial charge is 0.416 e. The number of benzene rings is 2. The Hall–Kier alpha value is -1.67. The van der Waals surface area contributed by atoms with Gasteiger partial charge in [0.05, 0.1) is 11.7 Å². The molecule has 0 aliphatic carbocycles. The number of piperazine rings is 1. The number of aliphatic hydroxyl groups excluding tert-OH is 1. The predicted octanol–water partition coefficient (Wildman–Crippen LogP) is 4.22. The molecule has 0 saturated carbocycles. The maximum Gasteiger partial charge on any atom is 0.416 e. The molecule has 3 rings (SSSR count). The minimum Gasteiger partial charge on any atom is -0.391 e. The molecule has 2 aromatic carbocycles. The van der Waals surface area contributed by atoms with E-state index >= 15 is 0 Å². The Balaban J connectivity index is 1.45. The molecule has 8 heteroatoms. The highest BCUT2D eigenvalue weighted by molar-refractivity contribution is 6.31. The zero-order chi connectivity index (χ0) is 21.0. The third-order valence-electron chi connectivity index (χ3n) is 5.13. The summed E-state index contributed by atoms with van der Waals surface area (Å²) in [5, 5.41) is 10.7. The number of aliphatic hydroxyl groups is 1. The van der Waals surface area contributed by atoms with Gasteiger partial charge < -0.3 is 5.11 Å². The van der Waals surface area contributed by atoms with Crippen molar-refractivity contribution in [3.63, 3.8) is 0 Å². The third-order valence-corrected chi connectivity index (χ3v) is 5.48. The van der Waals surface area contributed by atoms with Gasteiger partial charge in [-0.25, -0.2) is 4.39 Å². The summed E-state index contributed by atoms with van der Waals surface area (Å²) in [5.74, 6) is -0.313. The molecule has 158 valence electrons. The molecular formula is C21H23ClF4N2O. The molecule has 0 radical (unpaired) electrons. The number of rotatable bonds is 6. The van der Waals surface area contributed by atoms with Crippen LogP contribution in [0.3, 0.4) is 0 Å². The smallest absolute Gasteiger partial charge is 0.391 e. The van der Waals surface area contributed by atoms with Crippen molar-refractivity contribution in [3.05, 3.63) is 70.0 Å². The van der Waals surface area contributed by atoms with Crippen LogP contribution in [0.2, 0.25) is 5.02 Å². The van der Waals surface area contributed by atoms with E-state index in [0.29, 0.717) is 35.7 Å². The molecule has 0 spiro atoms. The Labute approximate surface area is 172 Å². The van der Waals surface area contributed by atoms with Gasteiger partial charge in [-0.05, 0) is 36.2 Å². The Morgan fingerprint density at radius 3 is 2.17 bits per heavy atom. The van der Waals surface area contributed by atoms with Gasteiger partial charge in [0.1, 0.15) is 5.82 Å². The van der Waals surface area contributed by atoms with Crippen LogP contribution in [-0.4, -0.2) is 53.7 Å². The molecule has 1 atom stereocenters. The highest BCUT2D eigenvalue weighted by Crippen LogP contribution is 2.29. The normalized spacial score (nSPS) is 17.4. The van der Waals surface area contributed by atoms with Crippen LogP contribution < -0.4 is 0 Å². The Kier molecular flexibility index (Phi) is 7.16. The van der Waals surface area contributed by atoms with Crippen molar-refractivity contribution in [3.8, 4) is 0 Å². The van der Waals surface area contributed by atoms with E-state index in [-0.39, 0.29) is 5.82 Å². The summed E-state index contributed by atoms with van der Waals surface area (Å²) in [5.41, 5.74) is 0.463. The van der Waals surface area contributed by atoms with Crippen LogP contribution in [0.1, 0.15) is 16.7 Å². The fourth-order valence-corrected chi connectivity index (χ4v) is 3.72. The van der Waals surface area contributed by atoms with E-state index in [4.69, 9.17) is 11.6 Å². The number of nitrogens with zero attached hydrogens (tertiary/aromatic N) is 2. The van der Waals surface area contributed by atoms with E-state index in [1.54, 1.807) is 12.1 Å². The van der Waals surface area contributed by atoms with Crippen LogP contribution in [-0.2, 0) is 19.1 Å². The summed E-state index contributed by atoms with van der Waals surface area (Å²) in [7, 11) is 0. The van der Waals surface area contributed by atoms with E-state index in [1.807, 2.05) is 0 Å². The number of β-amino-alcohol motifs (C(OH)–C–C–N with tert-alkyl or cyclic N) is 1. The van der Waals surface area contributed by atoms with Crippen molar-refractivity contribution < 1.29 is 22.7 Å². The average molecular weight is 431 g/mol.